The van der Waals surface area contributed by atoms with E-state index in [1.165, 1.54) is 5.56 Å². The first-order chi connectivity index (χ1) is 11.3. The van der Waals surface area contributed by atoms with Crippen LogP contribution in [0.15, 0.2) is 49.1 Å². The highest BCUT2D eigenvalue weighted by Crippen LogP contribution is 2.10. The quantitative estimate of drug-likeness (QED) is 0.844. The van der Waals surface area contributed by atoms with Crippen LogP contribution >= 0.6 is 0 Å². The van der Waals surface area contributed by atoms with Gasteiger partial charge in [0, 0.05) is 63.9 Å². The molecule has 1 aliphatic rings. The Hall–Kier alpha value is -2.27. The standard InChI is InChI=1S/C18H22N4O/c23-18(4-3-16-2-1-7-20-14-16)22-12-10-21(11-13-22)15-17-5-8-19-9-6-17/h1-2,5-9,14H,3-4,10-13,15H2. The van der Waals surface area contributed by atoms with E-state index < -0.39 is 0 Å². The van der Waals surface area contributed by atoms with E-state index in [9.17, 15) is 4.79 Å². The van der Waals surface area contributed by atoms with Crippen molar-refractivity contribution in [2.45, 2.75) is 19.4 Å². The fourth-order valence-electron chi connectivity index (χ4n) is 2.86. The molecular weight excluding hydrogens is 288 g/mol. The van der Waals surface area contributed by atoms with Crippen LogP contribution in [0.1, 0.15) is 17.5 Å². The molecule has 5 heteroatoms. The third-order valence-corrected chi connectivity index (χ3v) is 4.23. The third-order valence-electron chi connectivity index (χ3n) is 4.23. The predicted molar refractivity (Wildman–Crippen MR) is 88.7 cm³/mol. The van der Waals surface area contributed by atoms with E-state index in [0.717, 1.165) is 44.7 Å². The Morgan fingerprint density at radius 2 is 1.74 bits per heavy atom. The van der Waals surface area contributed by atoms with Gasteiger partial charge in [-0.2, -0.15) is 0 Å². The Morgan fingerprint density at radius 3 is 2.43 bits per heavy atom. The zero-order chi connectivity index (χ0) is 15.9. The van der Waals surface area contributed by atoms with Crippen LogP contribution in [0.25, 0.3) is 0 Å². The number of nitrogens with zero attached hydrogens (tertiary/aromatic N) is 4. The lowest BCUT2D eigenvalue weighted by Gasteiger charge is -2.34. The molecule has 1 saturated heterocycles. The van der Waals surface area contributed by atoms with Gasteiger partial charge in [-0.25, -0.2) is 0 Å². The summed E-state index contributed by atoms with van der Waals surface area (Å²) in [6, 6.07) is 8.03. The normalized spacial score (nSPS) is 15.6. The Morgan fingerprint density at radius 1 is 0.957 bits per heavy atom. The molecular formula is C18H22N4O. The molecule has 1 amide bonds. The van der Waals surface area contributed by atoms with E-state index in [2.05, 4.69) is 14.9 Å². The van der Waals surface area contributed by atoms with Crippen LogP contribution in [0, 0.1) is 0 Å². The molecule has 0 unspecified atom stereocenters. The van der Waals surface area contributed by atoms with Gasteiger partial charge in [-0.1, -0.05) is 6.07 Å². The summed E-state index contributed by atoms with van der Waals surface area (Å²) in [5.74, 6) is 0.248. The highest BCUT2D eigenvalue weighted by molar-refractivity contribution is 5.76. The van der Waals surface area contributed by atoms with Crippen molar-refractivity contribution in [3.05, 3.63) is 60.2 Å². The molecule has 3 rings (SSSR count). The van der Waals surface area contributed by atoms with Crippen molar-refractivity contribution in [1.29, 1.82) is 0 Å². The van der Waals surface area contributed by atoms with E-state index in [0.29, 0.717) is 6.42 Å². The zero-order valence-corrected chi connectivity index (χ0v) is 13.3. The molecule has 0 aromatic carbocycles. The highest BCUT2D eigenvalue weighted by atomic mass is 16.2. The Balaban J connectivity index is 1.42. The van der Waals surface area contributed by atoms with Crippen molar-refractivity contribution in [2.24, 2.45) is 0 Å². The van der Waals surface area contributed by atoms with Gasteiger partial charge in [0.15, 0.2) is 0 Å². The minimum atomic E-state index is 0.248. The molecule has 1 fully saturated rings. The number of aromatic nitrogens is 2. The Bertz CT molecular complexity index is 609. The van der Waals surface area contributed by atoms with Gasteiger partial charge >= 0.3 is 0 Å². The lowest BCUT2D eigenvalue weighted by molar-refractivity contribution is -0.133. The highest BCUT2D eigenvalue weighted by Gasteiger charge is 2.20. The molecule has 0 aliphatic carbocycles. The van der Waals surface area contributed by atoms with Gasteiger partial charge in [0.05, 0.1) is 0 Å². The minimum Gasteiger partial charge on any atom is -0.340 e. The summed E-state index contributed by atoms with van der Waals surface area (Å²) in [5.41, 5.74) is 2.40. The third kappa shape index (κ3) is 4.60. The van der Waals surface area contributed by atoms with Gasteiger partial charge < -0.3 is 4.90 Å². The van der Waals surface area contributed by atoms with Crippen molar-refractivity contribution in [3.63, 3.8) is 0 Å². The van der Waals surface area contributed by atoms with Crippen LogP contribution in [0.5, 0.6) is 0 Å². The molecule has 2 aromatic rings. The first-order valence-electron chi connectivity index (χ1n) is 8.09. The molecule has 0 bridgehead atoms. The predicted octanol–water partition coefficient (Wildman–Crippen LogP) is 1.75. The molecule has 0 atom stereocenters. The average Bonchev–Trinajstić information content (AvgIpc) is 2.62. The van der Waals surface area contributed by atoms with Crippen molar-refractivity contribution >= 4 is 5.91 Å². The maximum atomic E-state index is 12.3. The van der Waals surface area contributed by atoms with Gasteiger partial charge in [-0.05, 0) is 35.7 Å². The molecule has 2 aromatic heterocycles. The second-order valence-electron chi connectivity index (χ2n) is 5.87. The largest absolute Gasteiger partial charge is 0.340 e. The summed E-state index contributed by atoms with van der Waals surface area (Å²) in [6.45, 7) is 4.43. The summed E-state index contributed by atoms with van der Waals surface area (Å²) in [6.07, 6.45) is 8.58. The second-order valence-corrected chi connectivity index (χ2v) is 5.87. The summed E-state index contributed by atoms with van der Waals surface area (Å²) in [4.78, 5) is 24.8. The van der Waals surface area contributed by atoms with Crippen LogP contribution in [0.3, 0.4) is 0 Å². The molecule has 1 aliphatic heterocycles. The van der Waals surface area contributed by atoms with Gasteiger partial charge in [-0.3, -0.25) is 19.7 Å². The number of hydrogen-bond acceptors (Lipinski definition) is 4. The lowest BCUT2D eigenvalue weighted by Crippen LogP contribution is -2.48. The summed E-state index contributed by atoms with van der Waals surface area (Å²) < 4.78 is 0. The lowest BCUT2D eigenvalue weighted by atomic mass is 10.1. The van der Waals surface area contributed by atoms with Crippen LogP contribution in [-0.2, 0) is 17.8 Å². The number of carbonyl (C=O) groups is 1. The molecule has 0 spiro atoms. The first-order valence-corrected chi connectivity index (χ1v) is 8.09. The number of amides is 1. The van der Waals surface area contributed by atoms with Gasteiger partial charge in [0.2, 0.25) is 5.91 Å². The van der Waals surface area contributed by atoms with Crippen LogP contribution in [0.2, 0.25) is 0 Å². The van der Waals surface area contributed by atoms with E-state index in [-0.39, 0.29) is 5.91 Å². The summed E-state index contributed by atoms with van der Waals surface area (Å²) in [5, 5.41) is 0. The Labute approximate surface area is 137 Å². The number of carbonyl (C=O) groups excluding carboxylic acids is 1. The Kier molecular flexibility index (Phi) is 5.32. The number of aryl methyl sites for hydroxylation is 1. The average molecular weight is 310 g/mol. The molecule has 0 N–H and O–H groups in total. The molecule has 5 nitrogen and oxygen atoms in total. The van der Waals surface area contributed by atoms with Crippen LogP contribution in [0.4, 0.5) is 0 Å². The molecule has 3 heterocycles. The summed E-state index contributed by atoms with van der Waals surface area (Å²) in [7, 11) is 0. The number of pyridine rings is 2. The fraction of sp³-hybridized carbons (Fsp3) is 0.389. The fourth-order valence-corrected chi connectivity index (χ4v) is 2.86. The maximum absolute atomic E-state index is 12.3. The first kappa shape index (κ1) is 15.6. The van der Waals surface area contributed by atoms with Crippen molar-refractivity contribution in [1.82, 2.24) is 19.8 Å². The SMILES string of the molecule is O=C(CCc1cccnc1)N1CCN(Cc2ccncc2)CC1. The van der Waals surface area contributed by atoms with Crippen molar-refractivity contribution in [2.75, 3.05) is 26.2 Å². The van der Waals surface area contributed by atoms with Crippen molar-refractivity contribution < 1.29 is 4.79 Å². The maximum Gasteiger partial charge on any atom is 0.222 e. The van der Waals surface area contributed by atoms with E-state index in [1.807, 2.05) is 47.8 Å². The minimum absolute atomic E-state index is 0.248. The number of piperazine rings is 1. The van der Waals surface area contributed by atoms with Gasteiger partial charge in [-0.15, -0.1) is 0 Å². The topological polar surface area (TPSA) is 49.3 Å². The molecule has 0 saturated carbocycles. The number of hydrogen-bond donors (Lipinski definition) is 0. The van der Waals surface area contributed by atoms with E-state index >= 15 is 0 Å². The van der Waals surface area contributed by atoms with E-state index in [1.54, 1.807) is 6.20 Å². The van der Waals surface area contributed by atoms with Crippen molar-refractivity contribution in [3.8, 4) is 0 Å². The number of rotatable bonds is 5. The smallest absolute Gasteiger partial charge is 0.222 e. The van der Waals surface area contributed by atoms with Crippen LogP contribution < -0.4 is 0 Å². The molecule has 23 heavy (non-hydrogen) atoms. The summed E-state index contributed by atoms with van der Waals surface area (Å²) >= 11 is 0. The van der Waals surface area contributed by atoms with Gasteiger partial charge in [0.25, 0.3) is 0 Å². The van der Waals surface area contributed by atoms with Gasteiger partial charge in [0.1, 0.15) is 0 Å². The van der Waals surface area contributed by atoms with Crippen LogP contribution in [-0.4, -0.2) is 51.9 Å². The molecule has 0 radical (unpaired) electrons. The second kappa shape index (κ2) is 7.83. The monoisotopic (exact) mass is 310 g/mol. The van der Waals surface area contributed by atoms with E-state index in [4.69, 9.17) is 0 Å². The zero-order valence-electron chi connectivity index (χ0n) is 13.3. The molecule has 120 valence electrons.